The molecule has 1 unspecified atom stereocenters. The predicted molar refractivity (Wildman–Crippen MR) is 112 cm³/mol. The average Bonchev–Trinajstić information content (AvgIpc) is 3.32. The first-order valence-corrected chi connectivity index (χ1v) is 11.4. The lowest BCUT2D eigenvalue weighted by Gasteiger charge is -2.29. The first kappa shape index (κ1) is 19.5. The number of carbonyl (C=O) groups is 1. The average molecular weight is 399 g/mol. The number of thiazole rings is 1. The Bertz CT molecular complexity index is 772. The zero-order valence-corrected chi connectivity index (χ0v) is 17.5. The quantitative estimate of drug-likeness (QED) is 0.775. The molecule has 0 N–H and O–H groups in total. The van der Waals surface area contributed by atoms with Crippen LogP contribution in [0.3, 0.4) is 0 Å². The van der Waals surface area contributed by atoms with Crippen molar-refractivity contribution in [2.24, 2.45) is 5.92 Å². The van der Waals surface area contributed by atoms with Gasteiger partial charge < -0.3 is 4.90 Å². The van der Waals surface area contributed by atoms with E-state index in [9.17, 15) is 4.79 Å². The molecule has 1 amide bonds. The fourth-order valence-corrected chi connectivity index (χ4v) is 5.27. The molecule has 2 fully saturated rings. The summed E-state index contributed by atoms with van der Waals surface area (Å²) in [5, 5.41) is 3.04. The van der Waals surface area contributed by atoms with E-state index >= 15 is 0 Å². The highest BCUT2D eigenvalue weighted by Gasteiger charge is 2.31. The second-order valence-corrected chi connectivity index (χ2v) is 9.26. The molecule has 2 aromatic heterocycles. The number of aromatic nitrogens is 2. The van der Waals surface area contributed by atoms with E-state index in [0.717, 1.165) is 49.0 Å². The summed E-state index contributed by atoms with van der Waals surface area (Å²) in [5.74, 6) is 0.642. The van der Waals surface area contributed by atoms with Crippen LogP contribution in [0, 0.1) is 12.8 Å². The Morgan fingerprint density at radius 2 is 2.04 bits per heavy atom. The Kier molecular flexibility index (Phi) is 6.37. The summed E-state index contributed by atoms with van der Waals surface area (Å²) in [6.07, 6.45) is 8.53. The second kappa shape index (κ2) is 9.14. The highest BCUT2D eigenvalue weighted by molar-refractivity contribution is 7.09. The standard InChI is InChI=1S/C22H30N4OS/c1-17-24-20(16-28-17)13-22(27)26-11-10-25(21-7-2-3-8-21)14-18(15-26)12-19-6-4-5-9-23-19/h4-6,9,16,18,21H,2-3,7-8,10-15H2,1H3. The van der Waals surface area contributed by atoms with Crippen LogP contribution in [0.15, 0.2) is 29.8 Å². The minimum absolute atomic E-state index is 0.213. The molecule has 3 heterocycles. The van der Waals surface area contributed by atoms with E-state index in [1.807, 2.05) is 24.6 Å². The highest BCUT2D eigenvalue weighted by Crippen LogP contribution is 2.26. The number of rotatable bonds is 5. The molecule has 1 atom stereocenters. The Morgan fingerprint density at radius 3 is 2.75 bits per heavy atom. The monoisotopic (exact) mass is 398 g/mol. The zero-order valence-electron chi connectivity index (χ0n) is 16.7. The fraction of sp³-hybridized carbons (Fsp3) is 0.591. The molecule has 28 heavy (non-hydrogen) atoms. The fourth-order valence-electron chi connectivity index (χ4n) is 4.66. The van der Waals surface area contributed by atoms with Crippen LogP contribution in [-0.2, 0) is 17.6 Å². The summed E-state index contributed by atoms with van der Waals surface area (Å²) >= 11 is 1.62. The summed E-state index contributed by atoms with van der Waals surface area (Å²) in [5.41, 5.74) is 2.04. The van der Waals surface area contributed by atoms with Crippen molar-refractivity contribution in [2.45, 2.75) is 51.5 Å². The summed E-state index contributed by atoms with van der Waals surface area (Å²) in [7, 11) is 0. The lowest BCUT2D eigenvalue weighted by atomic mass is 10.0. The number of pyridine rings is 1. The van der Waals surface area contributed by atoms with Crippen LogP contribution < -0.4 is 0 Å². The molecule has 1 saturated heterocycles. The van der Waals surface area contributed by atoms with Gasteiger partial charge in [0.1, 0.15) is 0 Å². The molecule has 0 aromatic carbocycles. The van der Waals surface area contributed by atoms with Gasteiger partial charge in [-0.05, 0) is 44.2 Å². The first-order chi connectivity index (χ1) is 13.7. The number of hydrogen-bond donors (Lipinski definition) is 0. The van der Waals surface area contributed by atoms with Gasteiger partial charge >= 0.3 is 0 Å². The summed E-state index contributed by atoms with van der Waals surface area (Å²) in [6.45, 7) is 5.71. The van der Waals surface area contributed by atoms with Crippen LogP contribution in [-0.4, -0.2) is 57.9 Å². The lowest BCUT2D eigenvalue weighted by molar-refractivity contribution is -0.130. The molecule has 0 bridgehead atoms. The van der Waals surface area contributed by atoms with E-state index in [2.05, 4.69) is 31.9 Å². The molecular weight excluding hydrogens is 368 g/mol. The van der Waals surface area contributed by atoms with E-state index in [-0.39, 0.29) is 5.91 Å². The maximum Gasteiger partial charge on any atom is 0.228 e. The van der Waals surface area contributed by atoms with Gasteiger partial charge in [-0.2, -0.15) is 0 Å². The minimum atomic E-state index is 0.213. The molecule has 0 spiro atoms. The molecular formula is C22H30N4OS. The molecule has 2 aliphatic rings. The van der Waals surface area contributed by atoms with Crippen LogP contribution in [0.5, 0.6) is 0 Å². The van der Waals surface area contributed by atoms with Gasteiger partial charge in [0, 0.05) is 49.5 Å². The number of amides is 1. The maximum absolute atomic E-state index is 13.0. The summed E-state index contributed by atoms with van der Waals surface area (Å²) in [4.78, 5) is 26.8. The molecule has 1 aliphatic carbocycles. The number of carbonyl (C=O) groups excluding carboxylic acids is 1. The van der Waals surface area contributed by atoms with Crippen LogP contribution in [0.25, 0.3) is 0 Å². The van der Waals surface area contributed by atoms with Crippen LogP contribution in [0.1, 0.15) is 42.1 Å². The van der Waals surface area contributed by atoms with Gasteiger partial charge in [-0.15, -0.1) is 11.3 Å². The largest absolute Gasteiger partial charge is 0.341 e. The summed E-state index contributed by atoms with van der Waals surface area (Å²) < 4.78 is 0. The van der Waals surface area contributed by atoms with E-state index < -0.39 is 0 Å². The van der Waals surface area contributed by atoms with Gasteiger partial charge in [0.25, 0.3) is 0 Å². The zero-order chi connectivity index (χ0) is 19.3. The number of aryl methyl sites for hydroxylation is 1. The molecule has 1 saturated carbocycles. The molecule has 1 aliphatic heterocycles. The van der Waals surface area contributed by atoms with E-state index in [0.29, 0.717) is 18.4 Å². The van der Waals surface area contributed by atoms with Crippen molar-refractivity contribution < 1.29 is 4.79 Å². The normalized spacial score (nSPS) is 21.8. The Labute approximate surface area is 171 Å². The van der Waals surface area contributed by atoms with E-state index in [1.165, 1.54) is 25.7 Å². The molecule has 6 heteroatoms. The molecule has 150 valence electrons. The van der Waals surface area contributed by atoms with Crippen molar-refractivity contribution in [2.75, 3.05) is 26.2 Å². The van der Waals surface area contributed by atoms with Crippen LogP contribution >= 0.6 is 11.3 Å². The second-order valence-electron chi connectivity index (χ2n) is 8.20. The third kappa shape index (κ3) is 4.97. The molecule has 0 radical (unpaired) electrons. The van der Waals surface area contributed by atoms with Crippen molar-refractivity contribution in [1.82, 2.24) is 19.8 Å². The minimum Gasteiger partial charge on any atom is -0.341 e. The third-order valence-corrected chi connectivity index (χ3v) is 6.87. The predicted octanol–water partition coefficient (Wildman–Crippen LogP) is 3.33. The summed E-state index contributed by atoms with van der Waals surface area (Å²) in [6, 6.07) is 6.83. The Hall–Kier alpha value is -1.79. The van der Waals surface area contributed by atoms with Gasteiger partial charge in [0.15, 0.2) is 0 Å². The first-order valence-electron chi connectivity index (χ1n) is 10.5. The Morgan fingerprint density at radius 1 is 1.18 bits per heavy atom. The molecule has 5 nitrogen and oxygen atoms in total. The molecule has 2 aromatic rings. The van der Waals surface area contributed by atoms with Crippen molar-refractivity contribution >= 4 is 17.2 Å². The van der Waals surface area contributed by atoms with Crippen molar-refractivity contribution in [3.05, 3.63) is 46.2 Å². The third-order valence-electron chi connectivity index (χ3n) is 6.05. The van der Waals surface area contributed by atoms with Crippen molar-refractivity contribution in [3.63, 3.8) is 0 Å². The smallest absolute Gasteiger partial charge is 0.228 e. The van der Waals surface area contributed by atoms with Crippen molar-refractivity contribution in [3.8, 4) is 0 Å². The van der Waals surface area contributed by atoms with Gasteiger partial charge in [-0.3, -0.25) is 14.7 Å². The van der Waals surface area contributed by atoms with Crippen LogP contribution in [0.4, 0.5) is 0 Å². The van der Waals surface area contributed by atoms with Gasteiger partial charge in [0.2, 0.25) is 5.91 Å². The number of nitrogens with zero attached hydrogens (tertiary/aromatic N) is 4. The lowest BCUT2D eigenvalue weighted by Crippen LogP contribution is -2.39. The molecule has 4 rings (SSSR count). The van der Waals surface area contributed by atoms with Crippen LogP contribution in [0.2, 0.25) is 0 Å². The SMILES string of the molecule is Cc1nc(CC(=O)N2CCN(C3CCCC3)CC(Cc3ccccn3)C2)cs1. The van der Waals surface area contributed by atoms with E-state index in [4.69, 9.17) is 0 Å². The Balaban J connectivity index is 1.46. The topological polar surface area (TPSA) is 49.3 Å². The van der Waals surface area contributed by atoms with Gasteiger partial charge in [-0.1, -0.05) is 18.9 Å². The van der Waals surface area contributed by atoms with Gasteiger partial charge in [0.05, 0.1) is 17.1 Å². The highest BCUT2D eigenvalue weighted by atomic mass is 32.1. The number of hydrogen-bond acceptors (Lipinski definition) is 5. The van der Waals surface area contributed by atoms with Gasteiger partial charge in [-0.25, -0.2) is 4.98 Å². The van der Waals surface area contributed by atoms with Crippen molar-refractivity contribution in [1.29, 1.82) is 0 Å². The maximum atomic E-state index is 13.0. The van der Waals surface area contributed by atoms with E-state index in [1.54, 1.807) is 11.3 Å².